The highest BCUT2D eigenvalue weighted by atomic mass is 19.1. The lowest BCUT2D eigenvalue weighted by atomic mass is 10.1. The summed E-state index contributed by atoms with van der Waals surface area (Å²) in [6, 6.07) is 1.11. The Kier molecular flexibility index (Phi) is 6.08. The topological polar surface area (TPSA) is 73.5 Å². The van der Waals surface area contributed by atoms with Crippen molar-refractivity contribution in [2.24, 2.45) is 0 Å². The molecule has 0 saturated carbocycles. The summed E-state index contributed by atoms with van der Waals surface area (Å²) in [4.78, 5) is 25.3. The van der Waals surface area contributed by atoms with Crippen molar-refractivity contribution in [2.45, 2.75) is 32.7 Å². The summed E-state index contributed by atoms with van der Waals surface area (Å²) in [5.41, 5.74) is -0.380. The highest BCUT2D eigenvalue weighted by Gasteiger charge is 2.21. The number of rotatable bonds is 4. The predicted octanol–water partition coefficient (Wildman–Crippen LogP) is 2.53. The van der Waals surface area contributed by atoms with E-state index in [2.05, 4.69) is 27.8 Å². The van der Waals surface area contributed by atoms with Crippen LogP contribution in [0.4, 0.5) is 25.0 Å². The third kappa shape index (κ3) is 4.89. The number of benzene rings is 1. The van der Waals surface area contributed by atoms with Crippen molar-refractivity contribution in [1.82, 2.24) is 10.2 Å². The van der Waals surface area contributed by atoms with Crippen molar-refractivity contribution >= 4 is 23.3 Å². The number of anilines is 2. The third-order valence-corrected chi connectivity index (χ3v) is 3.90. The summed E-state index contributed by atoms with van der Waals surface area (Å²) < 4.78 is 27.4. The summed E-state index contributed by atoms with van der Waals surface area (Å²) in [6.45, 7) is 5.92. The number of amides is 3. The number of hydrogen-bond acceptors (Lipinski definition) is 3. The first kappa shape index (κ1) is 18.1. The molecule has 0 aliphatic carbocycles. The van der Waals surface area contributed by atoms with Crippen LogP contribution in [0.1, 0.15) is 26.7 Å². The number of nitrogens with zero attached hydrogens (tertiary/aromatic N) is 1. The number of urea groups is 1. The van der Waals surface area contributed by atoms with E-state index in [1.54, 1.807) is 0 Å². The zero-order valence-electron chi connectivity index (χ0n) is 13.8. The van der Waals surface area contributed by atoms with Gasteiger partial charge in [0.05, 0.1) is 11.4 Å². The quantitative estimate of drug-likeness (QED) is 0.789. The zero-order chi connectivity index (χ0) is 17.7. The average molecular weight is 340 g/mol. The van der Waals surface area contributed by atoms with E-state index in [0.717, 1.165) is 38.5 Å². The minimum Gasteiger partial charge on any atom is -0.334 e. The lowest BCUT2D eigenvalue weighted by molar-refractivity contribution is -0.114. The maximum atomic E-state index is 13.8. The van der Waals surface area contributed by atoms with Crippen molar-refractivity contribution < 1.29 is 18.4 Å². The van der Waals surface area contributed by atoms with Crippen LogP contribution in [0.2, 0.25) is 0 Å². The Morgan fingerprint density at radius 3 is 2.50 bits per heavy atom. The van der Waals surface area contributed by atoms with Crippen LogP contribution in [0.25, 0.3) is 0 Å². The SMILES string of the molecule is CCN1CCC[C@@H](NC(=O)Nc2cc(NC(C)=O)c(F)cc2F)C1. The summed E-state index contributed by atoms with van der Waals surface area (Å²) in [7, 11) is 0. The second-order valence-electron chi connectivity index (χ2n) is 5.82. The molecule has 6 nitrogen and oxygen atoms in total. The van der Waals surface area contributed by atoms with Gasteiger partial charge in [-0.05, 0) is 32.0 Å². The molecule has 8 heteroatoms. The zero-order valence-corrected chi connectivity index (χ0v) is 13.8. The van der Waals surface area contributed by atoms with E-state index in [1.807, 2.05) is 0 Å². The average Bonchev–Trinajstić information content (AvgIpc) is 2.51. The lowest BCUT2D eigenvalue weighted by Gasteiger charge is -2.32. The van der Waals surface area contributed by atoms with Gasteiger partial charge in [-0.2, -0.15) is 0 Å². The first-order valence-electron chi connectivity index (χ1n) is 7.95. The molecule has 0 aromatic heterocycles. The van der Waals surface area contributed by atoms with E-state index in [1.165, 1.54) is 6.92 Å². The van der Waals surface area contributed by atoms with Crippen molar-refractivity contribution in [3.8, 4) is 0 Å². The molecule has 24 heavy (non-hydrogen) atoms. The van der Waals surface area contributed by atoms with E-state index in [0.29, 0.717) is 6.07 Å². The van der Waals surface area contributed by atoms with Gasteiger partial charge in [0.25, 0.3) is 0 Å². The van der Waals surface area contributed by atoms with Crippen molar-refractivity contribution in [2.75, 3.05) is 30.3 Å². The molecule has 0 radical (unpaired) electrons. The fourth-order valence-corrected chi connectivity index (χ4v) is 2.73. The number of piperidine rings is 1. The Balaban J connectivity index is 2.01. The Labute approximate surface area is 139 Å². The van der Waals surface area contributed by atoms with Gasteiger partial charge in [-0.3, -0.25) is 4.79 Å². The summed E-state index contributed by atoms with van der Waals surface area (Å²) in [5.74, 6) is -2.30. The molecular weight excluding hydrogens is 318 g/mol. The molecule has 1 fully saturated rings. The van der Waals surface area contributed by atoms with Gasteiger partial charge in [0, 0.05) is 25.6 Å². The maximum absolute atomic E-state index is 13.8. The lowest BCUT2D eigenvalue weighted by Crippen LogP contribution is -2.48. The van der Waals surface area contributed by atoms with Crippen molar-refractivity contribution in [3.63, 3.8) is 0 Å². The largest absolute Gasteiger partial charge is 0.334 e. The molecule has 0 spiro atoms. The number of carbonyl (C=O) groups excluding carboxylic acids is 2. The van der Waals surface area contributed by atoms with Crippen LogP contribution < -0.4 is 16.0 Å². The van der Waals surface area contributed by atoms with Crippen LogP contribution in [-0.2, 0) is 4.79 Å². The summed E-state index contributed by atoms with van der Waals surface area (Å²) >= 11 is 0. The normalized spacial score (nSPS) is 18.1. The van der Waals surface area contributed by atoms with Crippen LogP contribution in [0, 0.1) is 11.6 Å². The molecule has 1 aliphatic heterocycles. The molecule has 2 rings (SSSR count). The third-order valence-electron chi connectivity index (χ3n) is 3.90. The van der Waals surface area contributed by atoms with Gasteiger partial charge >= 0.3 is 6.03 Å². The molecule has 1 aromatic carbocycles. The van der Waals surface area contributed by atoms with Gasteiger partial charge < -0.3 is 20.9 Å². The minimum atomic E-state index is -0.907. The van der Waals surface area contributed by atoms with E-state index >= 15 is 0 Å². The Hall–Kier alpha value is -2.22. The van der Waals surface area contributed by atoms with E-state index in [9.17, 15) is 18.4 Å². The molecule has 1 aromatic rings. The van der Waals surface area contributed by atoms with Crippen molar-refractivity contribution in [3.05, 3.63) is 23.8 Å². The maximum Gasteiger partial charge on any atom is 0.319 e. The number of nitrogens with one attached hydrogen (secondary N) is 3. The van der Waals surface area contributed by atoms with Gasteiger partial charge in [-0.25, -0.2) is 13.6 Å². The molecule has 3 amide bonds. The standard InChI is InChI=1S/C16H22F2N4O2/c1-3-22-6-4-5-11(9-22)20-16(24)21-15-8-14(19-10(2)23)12(17)7-13(15)18/h7-8,11H,3-6,9H2,1-2H3,(H,19,23)(H2,20,21,24)/t11-/m1/s1. The second-order valence-corrected chi connectivity index (χ2v) is 5.82. The van der Waals surface area contributed by atoms with Crippen LogP contribution in [0.15, 0.2) is 12.1 Å². The van der Waals surface area contributed by atoms with Gasteiger partial charge in [-0.15, -0.1) is 0 Å². The molecule has 1 aliphatic rings. The van der Waals surface area contributed by atoms with Gasteiger partial charge in [-0.1, -0.05) is 6.92 Å². The Morgan fingerprint density at radius 1 is 1.21 bits per heavy atom. The van der Waals surface area contributed by atoms with Gasteiger partial charge in [0.15, 0.2) is 0 Å². The second kappa shape index (κ2) is 8.05. The van der Waals surface area contributed by atoms with E-state index < -0.39 is 23.6 Å². The number of likely N-dealkylation sites (tertiary alicyclic amines) is 1. The smallest absolute Gasteiger partial charge is 0.319 e. The molecule has 3 N–H and O–H groups in total. The fourth-order valence-electron chi connectivity index (χ4n) is 2.73. The molecule has 1 atom stereocenters. The van der Waals surface area contributed by atoms with Crippen LogP contribution >= 0.6 is 0 Å². The fraction of sp³-hybridized carbons (Fsp3) is 0.500. The molecule has 1 saturated heterocycles. The van der Waals surface area contributed by atoms with E-state index in [4.69, 9.17) is 0 Å². The molecule has 0 bridgehead atoms. The summed E-state index contributed by atoms with van der Waals surface area (Å²) in [6.07, 6.45) is 1.84. The van der Waals surface area contributed by atoms with Gasteiger partial charge in [0.2, 0.25) is 5.91 Å². The Bertz CT molecular complexity index is 624. The number of likely N-dealkylation sites (N-methyl/N-ethyl adjacent to an activating group) is 1. The van der Waals surface area contributed by atoms with Crippen molar-refractivity contribution in [1.29, 1.82) is 0 Å². The minimum absolute atomic E-state index is 0.0166. The van der Waals surface area contributed by atoms with Crippen LogP contribution in [-0.4, -0.2) is 42.5 Å². The number of halogens is 2. The monoisotopic (exact) mass is 340 g/mol. The molecule has 1 heterocycles. The number of hydrogen-bond donors (Lipinski definition) is 3. The molecular formula is C16H22F2N4O2. The van der Waals surface area contributed by atoms with Crippen LogP contribution in [0.5, 0.6) is 0 Å². The highest BCUT2D eigenvalue weighted by molar-refractivity contribution is 5.92. The summed E-state index contributed by atoms with van der Waals surface area (Å²) in [5, 5.41) is 7.41. The first-order valence-corrected chi connectivity index (χ1v) is 7.95. The Morgan fingerprint density at radius 2 is 1.88 bits per heavy atom. The number of carbonyl (C=O) groups is 2. The molecule has 0 unspecified atom stereocenters. The van der Waals surface area contributed by atoms with Crippen LogP contribution in [0.3, 0.4) is 0 Å². The van der Waals surface area contributed by atoms with Gasteiger partial charge in [0.1, 0.15) is 11.6 Å². The first-order chi connectivity index (χ1) is 11.4. The highest BCUT2D eigenvalue weighted by Crippen LogP contribution is 2.23. The van der Waals surface area contributed by atoms with E-state index in [-0.39, 0.29) is 17.4 Å². The molecule has 132 valence electrons. The predicted molar refractivity (Wildman–Crippen MR) is 88.0 cm³/mol.